The maximum Gasteiger partial charge on any atom is 0.0671 e. The Morgan fingerprint density at radius 3 is 2.55 bits per heavy atom. The number of anilines is 1. The topological polar surface area (TPSA) is 32.5 Å². The van der Waals surface area contributed by atoms with Crippen LogP contribution in [0.5, 0.6) is 0 Å². The first-order chi connectivity index (χ1) is 9.76. The predicted octanol–water partition coefficient (Wildman–Crippen LogP) is 2.76. The van der Waals surface area contributed by atoms with E-state index in [-0.39, 0.29) is 0 Å². The first-order valence-electron chi connectivity index (χ1n) is 7.71. The van der Waals surface area contributed by atoms with E-state index in [4.69, 9.17) is 17.3 Å². The van der Waals surface area contributed by atoms with Gasteiger partial charge in [0.25, 0.3) is 0 Å². The number of piperazine rings is 1. The van der Waals surface area contributed by atoms with Crippen molar-refractivity contribution in [1.82, 2.24) is 4.90 Å². The summed E-state index contributed by atoms with van der Waals surface area (Å²) in [6.07, 6.45) is 3.33. The van der Waals surface area contributed by atoms with Crippen LogP contribution in [0.2, 0.25) is 5.02 Å². The molecule has 2 N–H and O–H groups in total. The summed E-state index contributed by atoms with van der Waals surface area (Å²) in [7, 11) is 0. The molecule has 112 valence electrons. The van der Waals surface area contributed by atoms with Gasteiger partial charge in [0.15, 0.2) is 0 Å². The molecule has 1 aromatic rings. The molecule has 2 rings (SSSR count). The third-order valence-electron chi connectivity index (χ3n) is 4.08. The molecule has 1 aliphatic rings. The van der Waals surface area contributed by atoms with Gasteiger partial charge in [-0.05, 0) is 44.0 Å². The molecular weight excluding hydrogens is 270 g/mol. The molecule has 0 bridgehead atoms. The molecule has 0 saturated carbocycles. The molecule has 1 aliphatic heterocycles. The molecule has 0 aliphatic carbocycles. The van der Waals surface area contributed by atoms with Gasteiger partial charge in [0.2, 0.25) is 0 Å². The maximum absolute atomic E-state index is 6.51. The minimum atomic E-state index is 0.805. The standard InChI is InChI=1S/C16H26ClN3/c1-2-14-6-5-7-15(16(14)17)20-12-10-19(11-13-20)9-4-3-8-18/h5-7H,2-4,8-13,18H2,1H3. The van der Waals surface area contributed by atoms with E-state index in [0.29, 0.717) is 0 Å². The molecule has 0 unspecified atom stereocenters. The Balaban J connectivity index is 1.90. The van der Waals surface area contributed by atoms with E-state index >= 15 is 0 Å². The minimum absolute atomic E-state index is 0.805. The van der Waals surface area contributed by atoms with Crippen molar-refractivity contribution >= 4 is 17.3 Å². The van der Waals surface area contributed by atoms with E-state index in [1.807, 2.05) is 0 Å². The second-order valence-electron chi connectivity index (χ2n) is 5.43. The van der Waals surface area contributed by atoms with Crippen LogP contribution in [-0.2, 0) is 6.42 Å². The highest BCUT2D eigenvalue weighted by Gasteiger charge is 2.19. The summed E-state index contributed by atoms with van der Waals surface area (Å²) in [5, 5.41) is 0.937. The number of hydrogen-bond donors (Lipinski definition) is 1. The number of rotatable bonds is 6. The Hall–Kier alpha value is -0.770. The van der Waals surface area contributed by atoms with Crippen LogP contribution in [0.1, 0.15) is 25.3 Å². The summed E-state index contributed by atoms with van der Waals surface area (Å²) in [5.74, 6) is 0. The van der Waals surface area contributed by atoms with Crippen LogP contribution in [-0.4, -0.2) is 44.2 Å². The average molecular weight is 296 g/mol. The van der Waals surface area contributed by atoms with Crippen molar-refractivity contribution in [2.24, 2.45) is 5.73 Å². The smallest absolute Gasteiger partial charge is 0.0671 e. The normalized spacial score (nSPS) is 16.6. The molecule has 1 heterocycles. The van der Waals surface area contributed by atoms with Crippen molar-refractivity contribution in [2.75, 3.05) is 44.2 Å². The van der Waals surface area contributed by atoms with Crippen molar-refractivity contribution in [3.8, 4) is 0 Å². The number of halogens is 1. The monoisotopic (exact) mass is 295 g/mol. The van der Waals surface area contributed by atoms with E-state index in [2.05, 4.69) is 34.9 Å². The number of nitrogens with two attached hydrogens (primary N) is 1. The zero-order valence-electron chi connectivity index (χ0n) is 12.4. The van der Waals surface area contributed by atoms with Crippen LogP contribution in [0.15, 0.2) is 18.2 Å². The number of nitrogens with zero attached hydrogens (tertiary/aromatic N) is 2. The molecule has 4 heteroatoms. The van der Waals surface area contributed by atoms with Crippen LogP contribution in [0.3, 0.4) is 0 Å². The van der Waals surface area contributed by atoms with Gasteiger partial charge in [-0.25, -0.2) is 0 Å². The highest BCUT2D eigenvalue weighted by Crippen LogP contribution is 2.30. The molecule has 1 fully saturated rings. The fourth-order valence-electron chi connectivity index (χ4n) is 2.78. The first kappa shape index (κ1) is 15.6. The fourth-order valence-corrected chi connectivity index (χ4v) is 3.15. The van der Waals surface area contributed by atoms with Crippen molar-refractivity contribution in [2.45, 2.75) is 26.2 Å². The molecule has 0 amide bonds. The third kappa shape index (κ3) is 3.87. The van der Waals surface area contributed by atoms with E-state index in [1.54, 1.807) is 0 Å². The highest BCUT2D eigenvalue weighted by molar-refractivity contribution is 6.34. The summed E-state index contributed by atoms with van der Waals surface area (Å²) in [6.45, 7) is 8.51. The molecule has 1 saturated heterocycles. The summed E-state index contributed by atoms with van der Waals surface area (Å²) in [5.41, 5.74) is 7.99. The minimum Gasteiger partial charge on any atom is -0.368 e. The van der Waals surface area contributed by atoms with E-state index in [9.17, 15) is 0 Å². The number of aryl methyl sites for hydroxylation is 1. The Labute approximate surface area is 127 Å². The van der Waals surface area contributed by atoms with Crippen LogP contribution >= 0.6 is 11.6 Å². The van der Waals surface area contributed by atoms with Crippen molar-refractivity contribution < 1.29 is 0 Å². The summed E-state index contributed by atoms with van der Waals surface area (Å²) in [4.78, 5) is 4.95. The molecule has 0 radical (unpaired) electrons. The average Bonchev–Trinajstić information content (AvgIpc) is 2.49. The lowest BCUT2D eigenvalue weighted by atomic mass is 10.1. The van der Waals surface area contributed by atoms with Crippen LogP contribution < -0.4 is 10.6 Å². The highest BCUT2D eigenvalue weighted by atomic mass is 35.5. The Morgan fingerprint density at radius 1 is 1.15 bits per heavy atom. The van der Waals surface area contributed by atoms with Gasteiger partial charge in [0, 0.05) is 26.2 Å². The van der Waals surface area contributed by atoms with Gasteiger partial charge < -0.3 is 10.6 Å². The van der Waals surface area contributed by atoms with Crippen molar-refractivity contribution in [3.05, 3.63) is 28.8 Å². The van der Waals surface area contributed by atoms with Gasteiger partial charge in [-0.1, -0.05) is 30.7 Å². The number of unbranched alkanes of at least 4 members (excludes halogenated alkanes) is 1. The summed E-state index contributed by atoms with van der Waals surface area (Å²) in [6, 6.07) is 6.38. The Morgan fingerprint density at radius 2 is 1.90 bits per heavy atom. The maximum atomic E-state index is 6.51. The van der Waals surface area contributed by atoms with Gasteiger partial charge in [0.05, 0.1) is 10.7 Å². The quantitative estimate of drug-likeness (QED) is 0.819. The second-order valence-corrected chi connectivity index (χ2v) is 5.81. The molecule has 3 nitrogen and oxygen atoms in total. The lowest BCUT2D eigenvalue weighted by Crippen LogP contribution is -2.46. The zero-order valence-corrected chi connectivity index (χ0v) is 13.2. The molecule has 0 atom stereocenters. The first-order valence-corrected chi connectivity index (χ1v) is 8.08. The molecular formula is C16H26ClN3. The van der Waals surface area contributed by atoms with Crippen molar-refractivity contribution in [1.29, 1.82) is 0 Å². The fraction of sp³-hybridized carbons (Fsp3) is 0.625. The van der Waals surface area contributed by atoms with Crippen LogP contribution in [0, 0.1) is 0 Å². The molecule has 0 spiro atoms. The second kappa shape index (κ2) is 7.87. The van der Waals surface area contributed by atoms with Gasteiger partial charge in [0.1, 0.15) is 0 Å². The van der Waals surface area contributed by atoms with Gasteiger partial charge in [-0.15, -0.1) is 0 Å². The van der Waals surface area contributed by atoms with E-state index < -0.39 is 0 Å². The molecule has 1 aromatic carbocycles. The van der Waals surface area contributed by atoms with Gasteiger partial charge in [-0.2, -0.15) is 0 Å². The third-order valence-corrected chi connectivity index (χ3v) is 4.52. The van der Waals surface area contributed by atoms with E-state index in [1.165, 1.54) is 24.2 Å². The summed E-state index contributed by atoms with van der Waals surface area (Å²) < 4.78 is 0. The molecule has 20 heavy (non-hydrogen) atoms. The Bertz CT molecular complexity index is 414. The lowest BCUT2D eigenvalue weighted by Gasteiger charge is -2.36. The van der Waals surface area contributed by atoms with Crippen LogP contribution in [0.4, 0.5) is 5.69 Å². The summed E-state index contributed by atoms with van der Waals surface area (Å²) >= 11 is 6.51. The largest absolute Gasteiger partial charge is 0.368 e. The SMILES string of the molecule is CCc1cccc(N2CCN(CCCCN)CC2)c1Cl. The number of hydrogen-bond acceptors (Lipinski definition) is 3. The lowest BCUT2D eigenvalue weighted by molar-refractivity contribution is 0.253. The zero-order chi connectivity index (χ0) is 14.4. The number of benzene rings is 1. The van der Waals surface area contributed by atoms with Gasteiger partial charge in [-0.3, -0.25) is 4.90 Å². The van der Waals surface area contributed by atoms with Gasteiger partial charge >= 0.3 is 0 Å². The van der Waals surface area contributed by atoms with Crippen LogP contribution in [0.25, 0.3) is 0 Å². The predicted molar refractivity (Wildman–Crippen MR) is 87.8 cm³/mol. The molecule has 0 aromatic heterocycles. The van der Waals surface area contributed by atoms with Crippen molar-refractivity contribution in [3.63, 3.8) is 0 Å². The van der Waals surface area contributed by atoms with E-state index in [0.717, 1.165) is 50.6 Å². The Kier molecular flexibility index (Phi) is 6.14.